The summed E-state index contributed by atoms with van der Waals surface area (Å²) in [6.45, 7) is 4.98. The van der Waals surface area contributed by atoms with Crippen LogP contribution in [-0.4, -0.2) is 12.4 Å². The van der Waals surface area contributed by atoms with Crippen LogP contribution in [0.5, 0.6) is 5.75 Å². The van der Waals surface area contributed by atoms with E-state index in [1.165, 1.54) is 0 Å². The fourth-order valence-electron chi connectivity index (χ4n) is 1.23. The molecule has 0 N–H and O–H groups in total. The van der Waals surface area contributed by atoms with Crippen LogP contribution in [0.15, 0.2) is 18.2 Å². The second kappa shape index (κ2) is 6.63. The molecule has 1 nitrogen and oxygen atoms in total. The highest BCUT2D eigenvalue weighted by Crippen LogP contribution is 2.27. The molecule has 0 aliphatic carbocycles. The maximum Gasteiger partial charge on any atom is 0.120 e. The van der Waals surface area contributed by atoms with Crippen molar-refractivity contribution in [1.29, 1.82) is 0 Å². The average Bonchev–Trinajstić information content (AvgIpc) is 2.23. The molecule has 0 saturated heterocycles. The Labute approximate surface area is 112 Å². The molecule has 1 aromatic rings. The first kappa shape index (κ1) is 14.0. The van der Waals surface area contributed by atoms with E-state index in [1.807, 2.05) is 6.07 Å². The van der Waals surface area contributed by atoms with Gasteiger partial charge in [0.15, 0.2) is 0 Å². The second-order valence-electron chi connectivity index (χ2n) is 4.07. The van der Waals surface area contributed by atoms with Gasteiger partial charge in [0.1, 0.15) is 5.75 Å². The summed E-state index contributed by atoms with van der Waals surface area (Å²) >= 11 is 16.0. The van der Waals surface area contributed by atoms with Gasteiger partial charge in [0.2, 0.25) is 0 Å². The van der Waals surface area contributed by atoms with Crippen molar-refractivity contribution in [2.24, 2.45) is 11.8 Å². The molecule has 0 aliphatic rings. The van der Waals surface area contributed by atoms with E-state index in [1.54, 1.807) is 12.1 Å². The molecule has 0 aromatic heterocycles. The molecule has 0 bridgehead atoms. The zero-order chi connectivity index (χ0) is 12.1. The van der Waals surface area contributed by atoms with E-state index in [0.29, 0.717) is 28.5 Å². The van der Waals surface area contributed by atoms with Gasteiger partial charge in [-0.2, -0.15) is 12.6 Å². The number of halogens is 2. The summed E-state index contributed by atoms with van der Waals surface area (Å²) < 4.78 is 5.66. The fraction of sp³-hybridized carbons (Fsp3) is 0.500. The highest BCUT2D eigenvalue weighted by molar-refractivity contribution is 7.80. The largest absolute Gasteiger partial charge is 0.493 e. The van der Waals surface area contributed by atoms with Crippen LogP contribution < -0.4 is 4.74 Å². The minimum atomic E-state index is 0.442. The van der Waals surface area contributed by atoms with Crippen LogP contribution >= 0.6 is 35.8 Å². The van der Waals surface area contributed by atoms with Crippen molar-refractivity contribution < 1.29 is 4.74 Å². The van der Waals surface area contributed by atoms with Crippen LogP contribution in [0.4, 0.5) is 0 Å². The maximum atomic E-state index is 5.90. The number of ether oxygens (including phenoxy) is 1. The molecule has 0 fully saturated rings. The lowest BCUT2D eigenvalue weighted by molar-refractivity contribution is 0.227. The second-order valence-corrected chi connectivity index (χ2v) is 5.25. The average molecular weight is 279 g/mol. The molecule has 4 heteroatoms. The highest BCUT2D eigenvalue weighted by Gasteiger charge is 2.12. The number of benzene rings is 1. The molecule has 0 aliphatic heterocycles. The first-order chi connectivity index (χ1) is 7.54. The third-order valence-corrected chi connectivity index (χ3v) is 3.74. The molecular weight excluding hydrogens is 263 g/mol. The first-order valence-corrected chi connectivity index (χ1v) is 6.62. The van der Waals surface area contributed by atoms with Crippen LogP contribution in [0.2, 0.25) is 10.0 Å². The third kappa shape index (κ3) is 4.08. The predicted molar refractivity (Wildman–Crippen MR) is 74.1 cm³/mol. The van der Waals surface area contributed by atoms with Gasteiger partial charge < -0.3 is 4.74 Å². The monoisotopic (exact) mass is 278 g/mol. The van der Waals surface area contributed by atoms with Gasteiger partial charge in [-0.15, -0.1) is 0 Å². The van der Waals surface area contributed by atoms with Gasteiger partial charge >= 0.3 is 0 Å². The summed E-state index contributed by atoms with van der Waals surface area (Å²) in [5.74, 6) is 2.57. The quantitative estimate of drug-likeness (QED) is 0.776. The lowest BCUT2D eigenvalue weighted by Gasteiger charge is -2.19. The standard InChI is InChI=1S/C12H16Cl2OS/c1-8(2)9(7-16)6-15-10-3-4-11(13)12(14)5-10/h3-5,8-9,16H,6-7H2,1-2H3. The van der Waals surface area contributed by atoms with E-state index in [2.05, 4.69) is 26.5 Å². The molecule has 0 spiro atoms. The summed E-state index contributed by atoms with van der Waals surface area (Å²) in [6.07, 6.45) is 0. The predicted octanol–water partition coefficient (Wildman–Crippen LogP) is 4.57. The van der Waals surface area contributed by atoms with Crippen LogP contribution in [0.25, 0.3) is 0 Å². The SMILES string of the molecule is CC(C)C(CS)COc1ccc(Cl)c(Cl)c1. The van der Waals surface area contributed by atoms with Gasteiger partial charge in [0.05, 0.1) is 16.7 Å². The molecule has 0 saturated carbocycles. The minimum Gasteiger partial charge on any atom is -0.493 e. The van der Waals surface area contributed by atoms with E-state index in [0.717, 1.165) is 11.5 Å². The first-order valence-electron chi connectivity index (χ1n) is 5.23. The van der Waals surface area contributed by atoms with Crippen LogP contribution in [0.1, 0.15) is 13.8 Å². The highest BCUT2D eigenvalue weighted by atomic mass is 35.5. The van der Waals surface area contributed by atoms with Crippen molar-refractivity contribution in [2.45, 2.75) is 13.8 Å². The molecule has 16 heavy (non-hydrogen) atoms. The Morgan fingerprint density at radius 1 is 1.25 bits per heavy atom. The summed E-state index contributed by atoms with van der Waals surface area (Å²) in [7, 11) is 0. The van der Waals surface area contributed by atoms with E-state index in [9.17, 15) is 0 Å². The minimum absolute atomic E-state index is 0.442. The van der Waals surface area contributed by atoms with E-state index >= 15 is 0 Å². The van der Waals surface area contributed by atoms with Gasteiger partial charge in [0.25, 0.3) is 0 Å². The smallest absolute Gasteiger partial charge is 0.120 e. The summed E-state index contributed by atoms with van der Waals surface area (Å²) in [5, 5.41) is 1.06. The van der Waals surface area contributed by atoms with Crippen molar-refractivity contribution in [2.75, 3.05) is 12.4 Å². The van der Waals surface area contributed by atoms with Gasteiger partial charge in [0, 0.05) is 12.0 Å². The van der Waals surface area contributed by atoms with Crippen molar-refractivity contribution in [3.63, 3.8) is 0 Å². The third-order valence-electron chi connectivity index (χ3n) is 2.53. The fourth-order valence-corrected chi connectivity index (χ4v) is 2.04. The molecule has 1 unspecified atom stereocenters. The Bertz CT molecular complexity index is 342. The van der Waals surface area contributed by atoms with Crippen LogP contribution in [-0.2, 0) is 0 Å². The zero-order valence-electron chi connectivity index (χ0n) is 9.41. The van der Waals surface area contributed by atoms with Gasteiger partial charge in [-0.25, -0.2) is 0 Å². The Morgan fingerprint density at radius 3 is 2.44 bits per heavy atom. The van der Waals surface area contributed by atoms with E-state index < -0.39 is 0 Å². The lowest BCUT2D eigenvalue weighted by Crippen LogP contribution is -2.19. The van der Waals surface area contributed by atoms with E-state index in [4.69, 9.17) is 27.9 Å². The topological polar surface area (TPSA) is 9.23 Å². The Hall–Kier alpha value is -0.0500. The van der Waals surface area contributed by atoms with Crippen molar-refractivity contribution in [1.82, 2.24) is 0 Å². The summed E-state index contributed by atoms with van der Waals surface area (Å²) in [5.41, 5.74) is 0. The van der Waals surface area contributed by atoms with Crippen LogP contribution in [0.3, 0.4) is 0 Å². The molecule has 1 rings (SSSR count). The normalized spacial score (nSPS) is 12.9. The Balaban J connectivity index is 2.57. The lowest BCUT2D eigenvalue weighted by atomic mass is 9.99. The Kier molecular flexibility index (Phi) is 5.81. The maximum absolute atomic E-state index is 5.90. The molecule has 0 amide bonds. The molecular formula is C12H16Cl2OS. The van der Waals surface area contributed by atoms with Crippen molar-refractivity contribution >= 4 is 35.8 Å². The van der Waals surface area contributed by atoms with Gasteiger partial charge in [-0.05, 0) is 23.8 Å². The van der Waals surface area contributed by atoms with E-state index in [-0.39, 0.29) is 0 Å². The number of rotatable bonds is 5. The van der Waals surface area contributed by atoms with Gasteiger partial charge in [-0.1, -0.05) is 37.0 Å². The molecule has 0 heterocycles. The number of hydrogen-bond donors (Lipinski definition) is 1. The zero-order valence-corrected chi connectivity index (χ0v) is 11.8. The van der Waals surface area contributed by atoms with Crippen LogP contribution in [0, 0.1) is 11.8 Å². The molecule has 0 radical (unpaired) electrons. The number of thiol groups is 1. The molecule has 1 aromatic carbocycles. The van der Waals surface area contributed by atoms with Crippen molar-refractivity contribution in [3.8, 4) is 5.75 Å². The summed E-state index contributed by atoms with van der Waals surface area (Å²) in [6, 6.07) is 5.30. The van der Waals surface area contributed by atoms with Gasteiger partial charge in [-0.3, -0.25) is 0 Å². The molecule has 90 valence electrons. The molecule has 1 atom stereocenters. The van der Waals surface area contributed by atoms with Crippen molar-refractivity contribution in [3.05, 3.63) is 28.2 Å². The Morgan fingerprint density at radius 2 is 1.94 bits per heavy atom. The summed E-state index contributed by atoms with van der Waals surface area (Å²) in [4.78, 5) is 0. The number of hydrogen-bond acceptors (Lipinski definition) is 2.